The summed E-state index contributed by atoms with van der Waals surface area (Å²) in [6.07, 6.45) is 2.85. The quantitative estimate of drug-likeness (QED) is 0.299. The number of aromatic nitrogens is 2. The van der Waals surface area contributed by atoms with Gasteiger partial charge in [0.05, 0.1) is 29.3 Å². The van der Waals surface area contributed by atoms with Crippen LogP contribution in [0.25, 0.3) is 33.2 Å². The van der Waals surface area contributed by atoms with E-state index in [9.17, 15) is 13.7 Å². The molecule has 2 heterocycles. The zero-order chi connectivity index (χ0) is 25.3. The predicted octanol–water partition coefficient (Wildman–Crippen LogP) is 5.89. The van der Waals surface area contributed by atoms with Gasteiger partial charge in [-0.25, -0.2) is 8.42 Å². The maximum Gasteiger partial charge on any atom is 0.263 e. The summed E-state index contributed by atoms with van der Waals surface area (Å²) in [7, 11) is -2.35. The smallest absolute Gasteiger partial charge is 0.263 e. The second-order valence-corrected chi connectivity index (χ2v) is 9.87. The van der Waals surface area contributed by atoms with Crippen LogP contribution in [0.5, 0.6) is 5.75 Å². The largest absolute Gasteiger partial charge is 0.496 e. The fourth-order valence-electron chi connectivity index (χ4n) is 3.92. The number of fused-ring (bicyclic) bond motifs is 1. The van der Waals surface area contributed by atoms with E-state index in [1.165, 1.54) is 25.5 Å². The van der Waals surface area contributed by atoms with Crippen molar-refractivity contribution in [3.8, 4) is 34.2 Å². The van der Waals surface area contributed by atoms with Crippen LogP contribution in [0.2, 0.25) is 5.02 Å². The molecule has 0 atom stereocenters. The van der Waals surface area contributed by atoms with Crippen molar-refractivity contribution in [2.75, 3.05) is 11.8 Å². The first kappa shape index (κ1) is 23.4. The number of nitriles is 1. The Morgan fingerprint density at radius 3 is 2.64 bits per heavy atom. The van der Waals surface area contributed by atoms with Gasteiger partial charge in [0.25, 0.3) is 10.0 Å². The first-order valence-electron chi connectivity index (χ1n) is 10.6. The van der Waals surface area contributed by atoms with Gasteiger partial charge in [0, 0.05) is 33.8 Å². The Morgan fingerprint density at radius 2 is 1.92 bits per heavy atom. The average Bonchev–Trinajstić information content (AvgIpc) is 3.39. The molecule has 0 aliphatic heterocycles. The average molecular weight is 517 g/mol. The van der Waals surface area contributed by atoms with Crippen LogP contribution in [0.4, 0.5) is 5.82 Å². The highest BCUT2D eigenvalue weighted by atomic mass is 35.5. The Labute approximate surface area is 211 Å². The zero-order valence-corrected chi connectivity index (χ0v) is 20.3. The highest BCUT2D eigenvalue weighted by Gasteiger charge is 2.20. The minimum Gasteiger partial charge on any atom is -0.496 e. The lowest BCUT2D eigenvalue weighted by atomic mass is 9.94. The molecule has 0 aliphatic carbocycles. The Morgan fingerprint density at radius 1 is 1.06 bits per heavy atom. The first-order valence-corrected chi connectivity index (χ1v) is 12.5. The van der Waals surface area contributed by atoms with E-state index in [0.29, 0.717) is 43.9 Å². The normalized spacial score (nSPS) is 11.2. The highest BCUT2D eigenvalue weighted by molar-refractivity contribution is 7.92. The van der Waals surface area contributed by atoms with Gasteiger partial charge in [-0.05, 0) is 53.4 Å². The van der Waals surface area contributed by atoms with E-state index >= 15 is 0 Å². The van der Waals surface area contributed by atoms with Crippen molar-refractivity contribution in [3.63, 3.8) is 0 Å². The zero-order valence-electron chi connectivity index (χ0n) is 18.8. The van der Waals surface area contributed by atoms with Gasteiger partial charge < -0.3 is 9.26 Å². The fourth-order valence-corrected chi connectivity index (χ4v) is 5.14. The number of nitrogens with zero attached hydrogens (tertiary/aromatic N) is 3. The number of hydrogen-bond acceptors (Lipinski definition) is 7. The molecular weight excluding hydrogens is 500 g/mol. The molecule has 1 N–H and O–H groups in total. The summed E-state index contributed by atoms with van der Waals surface area (Å²) in [5, 5.41) is 15.4. The van der Waals surface area contributed by atoms with Gasteiger partial charge in [-0.3, -0.25) is 9.71 Å². The molecule has 0 amide bonds. The number of methoxy groups -OCH3 is 1. The summed E-state index contributed by atoms with van der Waals surface area (Å²) in [5.41, 5.74) is 3.02. The van der Waals surface area contributed by atoms with Crippen LogP contribution in [0.3, 0.4) is 0 Å². The molecule has 0 radical (unpaired) electrons. The highest BCUT2D eigenvalue weighted by Crippen LogP contribution is 2.39. The van der Waals surface area contributed by atoms with Crippen LogP contribution in [0.15, 0.2) is 88.6 Å². The monoisotopic (exact) mass is 516 g/mol. The topological polar surface area (TPSA) is 118 Å². The van der Waals surface area contributed by atoms with Crippen LogP contribution in [-0.4, -0.2) is 25.7 Å². The lowest BCUT2D eigenvalue weighted by Crippen LogP contribution is -2.13. The van der Waals surface area contributed by atoms with Gasteiger partial charge in [0.2, 0.25) is 0 Å². The molecule has 0 aliphatic rings. The maximum absolute atomic E-state index is 12.8. The molecule has 0 bridgehead atoms. The van der Waals surface area contributed by atoms with E-state index in [2.05, 4.69) is 25.5 Å². The number of rotatable bonds is 6. The van der Waals surface area contributed by atoms with E-state index < -0.39 is 10.0 Å². The van der Waals surface area contributed by atoms with Crippen LogP contribution >= 0.6 is 11.6 Å². The van der Waals surface area contributed by atoms with Crippen LogP contribution in [0, 0.1) is 11.3 Å². The van der Waals surface area contributed by atoms with Crippen molar-refractivity contribution >= 4 is 38.2 Å². The van der Waals surface area contributed by atoms with E-state index in [4.69, 9.17) is 16.3 Å². The second-order valence-electron chi connectivity index (χ2n) is 7.75. The molecule has 178 valence electrons. The summed E-state index contributed by atoms with van der Waals surface area (Å²) in [6.45, 7) is 0. The van der Waals surface area contributed by atoms with Crippen molar-refractivity contribution in [2.45, 2.75) is 4.90 Å². The van der Waals surface area contributed by atoms with E-state index in [-0.39, 0.29) is 10.7 Å². The first-order chi connectivity index (χ1) is 17.4. The molecule has 5 aromatic rings. The van der Waals surface area contributed by atoms with Crippen LogP contribution in [-0.2, 0) is 10.0 Å². The summed E-state index contributed by atoms with van der Waals surface area (Å²) in [5.74, 6) is 0.590. The van der Waals surface area contributed by atoms with Gasteiger partial charge in [-0.1, -0.05) is 35.0 Å². The molecule has 0 spiro atoms. The van der Waals surface area contributed by atoms with Crippen molar-refractivity contribution in [1.82, 2.24) is 10.1 Å². The number of sulfonamides is 1. The molecule has 3 aromatic carbocycles. The van der Waals surface area contributed by atoms with Crippen molar-refractivity contribution in [1.29, 1.82) is 5.26 Å². The van der Waals surface area contributed by atoms with Gasteiger partial charge in [-0.2, -0.15) is 5.26 Å². The van der Waals surface area contributed by atoms with E-state index in [1.54, 1.807) is 48.7 Å². The van der Waals surface area contributed by atoms with Gasteiger partial charge in [0.1, 0.15) is 12.0 Å². The molecule has 8 nitrogen and oxygen atoms in total. The number of pyridine rings is 1. The minimum atomic E-state index is -3.89. The molecule has 36 heavy (non-hydrogen) atoms. The van der Waals surface area contributed by atoms with E-state index in [1.807, 2.05) is 12.1 Å². The molecule has 2 aromatic heterocycles. The number of nitrogens with one attached hydrogen (secondary N) is 1. The lowest BCUT2D eigenvalue weighted by molar-refractivity contribution is 0.416. The Hall–Kier alpha value is -4.39. The summed E-state index contributed by atoms with van der Waals surface area (Å²) in [4.78, 5) is 4.58. The van der Waals surface area contributed by atoms with Gasteiger partial charge in [-0.15, -0.1) is 0 Å². The van der Waals surface area contributed by atoms with Gasteiger partial charge >= 0.3 is 0 Å². The van der Waals surface area contributed by atoms with Crippen molar-refractivity contribution in [3.05, 3.63) is 89.8 Å². The molecule has 5 rings (SSSR count). The number of ether oxygens (including phenoxy) is 1. The predicted molar refractivity (Wildman–Crippen MR) is 136 cm³/mol. The number of hydrogen-bond donors (Lipinski definition) is 1. The fraction of sp³-hybridized carbons (Fsp3) is 0.0385. The Bertz CT molecular complexity index is 1750. The third kappa shape index (κ3) is 4.35. The minimum absolute atomic E-state index is 0.0520. The summed E-state index contributed by atoms with van der Waals surface area (Å²) >= 11 is 6.16. The molecule has 10 heteroatoms. The maximum atomic E-state index is 12.8. The molecular formula is C26H17ClN4O4S. The second kappa shape index (κ2) is 9.34. The van der Waals surface area contributed by atoms with Crippen molar-refractivity contribution < 1.29 is 17.7 Å². The number of benzene rings is 3. The molecule has 0 unspecified atom stereocenters. The van der Waals surface area contributed by atoms with E-state index in [0.717, 1.165) is 5.56 Å². The summed E-state index contributed by atoms with van der Waals surface area (Å²) < 4.78 is 38.3. The molecule has 0 saturated heterocycles. The molecule has 0 saturated carbocycles. The van der Waals surface area contributed by atoms with Crippen LogP contribution in [0.1, 0.15) is 5.56 Å². The summed E-state index contributed by atoms with van der Waals surface area (Å²) in [6, 6.07) is 20.8. The number of anilines is 1. The standard InChI is InChI=1S/C26H17ClN4O4S/c1-34-24-14-22(16-3-2-4-19(27)11-16)18(15-28)13-23(24)26-21-6-5-20(12-17(21)7-9-29-26)36(32,33)31-25-8-10-35-30-25/h2-14H,1H3,(H,30,31). The third-order valence-corrected chi connectivity index (χ3v) is 7.16. The lowest BCUT2D eigenvalue weighted by Gasteiger charge is -2.15. The Kier molecular flexibility index (Phi) is 6.06. The third-order valence-electron chi connectivity index (χ3n) is 5.57. The number of halogens is 1. The molecule has 0 fully saturated rings. The van der Waals surface area contributed by atoms with Crippen LogP contribution < -0.4 is 9.46 Å². The SMILES string of the molecule is COc1cc(-c2cccc(Cl)c2)c(C#N)cc1-c1nccc2cc(S(=O)(=O)Nc3ccon3)ccc12. The Balaban J connectivity index is 1.63. The van der Waals surface area contributed by atoms with Gasteiger partial charge in [0.15, 0.2) is 5.82 Å². The van der Waals surface area contributed by atoms with Crippen molar-refractivity contribution in [2.24, 2.45) is 0 Å².